The monoisotopic (exact) mass is 758 g/mol. The number of Topliss-reactive ketones (excluding diaryl/α,β-unsaturated/α-hetero) is 2. The number of rotatable bonds is 10. The van der Waals surface area contributed by atoms with Crippen molar-refractivity contribution in [2.75, 3.05) is 27.0 Å². The van der Waals surface area contributed by atoms with E-state index in [-0.39, 0.29) is 64.9 Å². The third-order valence-corrected chi connectivity index (χ3v) is 11.0. The van der Waals surface area contributed by atoms with E-state index in [1.54, 1.807) is 38.2 Å². The lowest BCUT2D eigenvalue weighted by atomic mass is 9.69. The Morgan fingerprint density at radius 3 is 2.60 bits per heavy atom. The number of halogens is 1. The summed E-state index contributed by atoms with van der Waals surface area (Å²) in [5.41, 5.74) is -1.28. The van der Waals surface area contributed by atoms with E-state index in [1.807, 2.05) is 18.4 Å². The number of aromatic nitrogens is 5. The second-order valence-electron chi connectivity index (χ2n) is 12.9. The Kier molecular flexibility index (Phi) is 9.41. The number of ether oxygens (including phenoxy) is 3. The summed E-state index contributed by atoms with van der Waals surface area (Å²) < 4.78 is 20.2. The lowest BCUT2D eigenvalue weighted by Crippen LogP contribution is -2.53. The number of aliphatic hydroxyl groups excluding tert-OH is 1. The first-order valence-electron chi connectivity index (χ1n) is 16.7. The first-order valence-corrected chi connectivity index (χ1v) is 18.3. The Morgan fingerprint density at radius 1 is 1.17 bits per heavy atom. The average Bonchev–Trinajstić information content (AvgIpc) is 3.69. The highest BCUT2D eigenvalue weighted by Crippen LogP contribution is 2.55. The molecule has 2 N–H and O–H groups in total. The molecular weight excluding hydrogens is 724 g/mol. The third-order valence-electron chi connectivity index (χ3n) is 9.86. The highest BCUT2D eigenvalue weighted by Gasteiger charge is 2.61. The molecule has 1 aliphatic heterocycles. The van der Waals surface area contributed by atoms with Crippen LogP contribution < -0.4 is 25.1 Å². The summed E-state index contributed by atoms with van der Waals surface area (Å²) >= 11 is 8.14. The molecule has 14 nitrogen and oxygen atoms in total. The van der Waals surface area contributed by atoms with Crippen molar-refractivity contribution in [2.45, 2.75) is 49.6 Å². The number of nitrogens with zero attached hydrogens (tertiary/aromatic N) is 5. The Hall–Kier alpha value is -5.41. The Balaban J connectivity index is 1.20. The quantitative estimate of drug-likeness (QED) is 0.185. The van der Waals surface area contributed by atoms with Gasteiger partial charge in [-0.25, -0.2) is 4.98 Å². The molecule has 53 heavy (non-hydrogen) atoms. The lowest BCUT2D eigenvalue weighted by molar-refractivity contribution is -0.121. The fraction of sp³-hybridized carbons (Fsp3) is 0.324. The van der Waals surface area contributed by atoms with Crippen LogP contribution in [0.15, 0.2) is 69.8 Å². The smallest absolute Gasteiger partial charge is 0.261 e. The fourth-order valence-corrected chi connectivity index (χ4v) is 7.84. The number of ketones is 2. The number of benzene rings is 2. The van der Waals surface area contributed by atoms with Gasteiger partial charge in [0.05, 0.1) is 25.1 Å². The maximum atomic E-state index is 14.4. The van der Waals surface area contributed by atoms with Crippen molar-refractivity contribution in [1.82, 2.24) is 29.5 Å². The first kappa shape index (κ1) is 36.0. The van der Waals surface area contributed by atoms with Gasteiger partial charge in [-0.3, -0.25) is 19.2 Å². The van der Waals surface area contributed by atoms with Crippen molar-refractivity contribution in [3.63, 3.8) is 0 Å². The van der Waals surface area contributed by atoms with Crippen LogP contribution in [0.25, 0.3) is 16.7 Å². The molecule has 0 saturated carbocycles. The van der Waals surface area contributed by atoms with Crippen LogP contribution in [-0.4, -0.2) is 79.4 Å². The van der Waals surface area contributed by atoms with Gasteiger partial charge >= 0.3 is 0 Å². The molecular formula is C37H35ClN6O8S. The topological polar surface area (TPSA) is 176 Å². The van der Waals surface area contributed by atoms with E-state index in [9.17, 15) is 24.3 Å². The molecule has 5 aromatic rings. The van der Waals surface area contributed by atoms with Crippen molar-refractivity contribution in [1.29, 1.82) is 0 Å². The van der Waals surface area contributed by atoms with Crippen LogP contribution in [0.5, 0.6) is 17.2 Å². The normalized spacial score (nSPS) is 18.8. The molecule has 0 radical (unpaired) electrons. The molecule has 1 spiro atoms. The van der Waals surface area contributed by atoms with Gasteiger partial charge in [-0.2, -0.15) is 9.50 Å². The highest BCUT2D eigenvalue weighted by molar-refractivity contribution is 7.98. The fourth-order valence-electron chi connectivity index (χ4n) is 7.17. The number of allylic oxidation sites excluding steroid dienone is 1. The molecule has 3 unspecified atom stereocenters. The van der Waals surface area contributed by atoms with Gasteiger partial charge in [-0.05, 0) is 36.9 Å². The molecule has 3 aromatic heterocycles. The summed E-state index contributed by atoms with van der Waals surface area (Å²) in [5, 5.41) is 19.7. The molecule has 274 valence electrons. The highest BCUT2D eigenvalue weighted by atomic mass is 35.5. The molecule has 0 bridgehead atoms. The van der Waals surface area contributed by atoms with E-state index in [0.29, 0.717) is 28.1 Å². The molecule has 7 rings (SSSR count). The molecule has 1 amide bonds. The van der Waals surface area contributed by atoms with E-state index in [2.05, 4.69) is 20.4 Å². The number of nitrogens with one attached hydrogen (secondary N) is 1. The summed E-state index contributed by atoms with van der Waals surface area (Å²) in [4.78, 5) is 64.7. The number of fused-ring (bicyclic) bond motifs is 4. The second-order valence-corrected chi connectivity index (χ2v) is 14.1. The number of hydrogen-bond donors (Lipinski definition) is 2. The molecule has 16 heteroatoms. The van der Waals surface area contributed by atoms with E-state index in [4.69, 9.17) is 25.8 Å². The van der Waals surface area contributed by atoms with Gasteiger partial charge in [-0.15, -0.1) is 16.9 Å². The second kappa shape index (κ2) is 13.9. The van der Waals surface area contributed by atoms with Gasteiger partial charge in [0, 0.05) is 66.7 Å². The Bertz CT molecular complexity index is 2430. The SMILES string of the molecule is COc1cc(OC)c2c(c1Cl)OC1(C2=O)C(O)=C(C(CC(=O)NCCn2ccc3c(cnc4nc(C)nn43)c2=O)c2ccc(SC)cc2)C(=O)CC1C. The number of aryl methyl sites for hydroxylation is 1. The van der Waals surface area contributed by atoms with Crippen LogP contribution in [0.2, 0.25) is 5.02 Å². The van der Waals surface area contributed by atoms with Crippen LogP contribution in [0.4, 0.5) is 0 Å². The maximum Gasteiger partial charge on any atom is 0.261 e. The minimum Gasteiger partial charge on any atom is -0.507 e. The molecule has 3 atom stereocenters. The number of hydrogen-bond acceptors (Lipinski definition) is 12. The average molecular weight is 759 g/mol. The number of amides is 1. The molecule has 0 saturated heterocycles. The molecule has 4 heterocycles. The summed E-state index contributed by atoms with van der Waals surface area (Å²) in [5.74, 6) is -2.64. The van der Waals surface area contributed by atoms with Crippen molar-refractivity contribution >= 4 is 57.5 Å². The van der Waals surface area contributed by atoms with Gasteiger partial charge < -0.3 is 29.2 Å². The predicted octanol–water partition coefficient (Wildman–Crippen LogP) is 4.87. The molecule has 2 aromatic carbocycles. The molecule has 0 fully saturated rings. The zero-order valence-electron chi connectivity index (χ0n) is 29.4. The zero-order valence-corrected chi connectivity index (χ0v) is 31.0. The zero-order chi connectivity index (χ0) is 37.8. The number of carbonyl (C=O) groups excluding carboxylic acids is 3. The minimum atomic E-state index is -2.01. The van der Waals surface area contributed by atoms with Crippen LogP contribution in [0.1, 0.15) is 47.4 Å². The van der Waals surface area contributed by atoms with Gasteiger partial charge in [-0.1, -0.05) is 30.7 Å². The van der Waals surface area contributed by atoms with E-state index >= 15 is 0 Å². The standard InChI is InChI=1S/C37H35ClN6O8S/c1-18-14-25(45)29(33(47)37(18)34(48)30-26(50-3)16-27(51-4)31(38)32(30)52-37)22(20-6-8-21(53-5)9-7-20)15-28(46)39-11-13-43-12-10-24-23(35(43)49)17-40-36-41-19(2)42-44(24)36/h6-10,12,16-18,22,47H,11,13-15H2,1-5H3,(H,39,46). The van der Waals surface area contributed by atoms with Crippen LogP contribution in [0, 0.1) is 12.8 Å². The van der Waals surface area contributed by atoms with Crippen molar-refractivity contribution in [2.24, 2.45) is 5.92 Å². The van der Waals surface area contributed by atoms with Gasteiger partial charge in [0.25, 0.3) is 11.3 Å². The molecule has 2 aliphatic rings. The van der Waals surface area contributed by atoms with Crippen molar-refractivity contribution < 1.29 is 33.7 Å². The third kappa shape index (κ3) is 5.87. The Morgan fingerprint density at radius 2 is 1.91 bits per heavy atom. The summed E-state index contributed by atoms with van der Waals surface area (Å²) in [6, 6.07) is 10.5. The van der Waals surface area contributed by atoms with Gasteiger partial charge in [0.1, 0.15) is 27.9 Å². The van der Waals surface area contributed by atoms with E-state index < -0.39 is 40.7 Å². The number of methoxy groups -OCH3 is 2. The van der Waals surface area contributed by atoms with Crippen molar-refractivity contribution in [3.8, 4) is 17.2 Å². The Labute approximate surface area is 312 Å². The van der Waals surface area contributed by atoms with Crippen molar-refractivity contribution in [3.05, 3.63) is 92.5 Å². The van der Waals surface area contributed by atoms with E-state index in [1.165, 1.54) is 47.3 Å². The minimum absolute atomic E-state index is 0.0131. The number of pyridine rings is 1. The van der Waals surface area contributed by atoms with Crippen LogP contribution in [0.3, 0.4) is 0 Å². The molecule has 1 aliphatic carbocycles. The lowest BCUT2D eigenvalue weighted by Gasteiger charge is -2.38. The largest absolute Gasteiger partial charge is 0.507 e. The number of aliphatic hydroxyl groups is 1. The number of thioether (sulfide) groups is 1. The van der Waals surface area contributed by atoms with Crippen LogP contribution in [-0.2, 0) is 16.1 Å². The maximum absolute atomic E-state index is 14.4. The van der Waals surface area contributed by atoms with E-state index in [0.717, 1.165) is 4.90 Å². The predicted molar refractivity (Wildman–Crippen MR) is 197 cm³/mol. The summed E-state index contributed by atoms with van der Waals surface area (Å²) in [6.07, 6.45) is 4.58. The van der Waals surface area contributed by atoms with Gasteiger partial charge in [0.2, 0.25) is 17.3 Å². The number of carbonyl (C=O) groups is 3. The summed E-state index contributed by atoms with van der Waals surface area (Å²) in [6.45, 7) is 3.60. The van der Waals surface area contributed by atoms with Gasteiger partial charge in [0.15, 0.2) is 17.3 Å². The first-order chi connectivity index (χ1) is 25.4. The summed E-state index contributed by atoms with van der Waals surface area (Å²) in [7, 11) is 2.79. The van der Waals surface area contributed by atoms with Crippen LogP contribution >= 0.6 is 23.4 Å².